The maximum atomic E-state index is 13.1. The summed E-state index contributed by atoms with van der Waals surface area (Å²) in [5.41, 5.74) is 0.900. The molecule has 0 amide bonds. The lowest BCUT2D eigenvalue weighted by atomic mass is 10.0. The molecule has 138 valence electrons. The van der Waals surface area contributed by atoms with Gasteiger partial charge in [-0.1, -0.05) is 68.3 Å². The molecule has 0 N–H and O–H groups in total. The van der Waals surface area contributed by atoms with E-state index in [2.05, 4.69) is 86.4 Å². The molecular formula is C25H28OP+. The Balaban J connectivity index is 2.13. The first-order chi connectivity index (χ1) is 13.2. The Bertz CT molecular complexity index is 832. The molecule has 0 spiro atoms. The fourth-order valence-corrected chi connectivity index (χ4v) is 7.11. The second-order valence-corrected chi connectivity index (χ2v) is 10.6. The van der Waals surface area contributed by atoms with Crippen LogP contribution in [0.4, 0.5) is 0 Å². The largest absolute Gasteiger partial charge is 0.294 e. The predicted octanol–water partition coefficient (Wildman–Crippen LogP) is 5.37. The summed E-state index contributed by atoms with van der Waals surface area (Å²) in [6.07, 6.45) is 3.84. The molecule has 0 aromatic heterocycles. The number of carbonyl (C=O) groups is 1. The molecule has 0 saturated carbocycles. The van der Waals surface area contributed by atoms with Gasteiger partial charge in [0, 0.05) is 6.42 Å². The van der Waals surface area contributed by atoms with Crippen LogP contribution in [-0.2, 0) is 0 Å². The molecule has 0 aliphatic carbocycles. The molecule has 0 aliphatic heterocycles. The Labute approximate surface area is 163 Å². The fourth-order valence-electron chi connectivity index (χ4n) is 3.65. The van der Waals surface area contributed by atoms with Gasteiger partial charge in [-0.25, -0.2) is 0 Å². The van der Waals surface area contributed by atoms with Crippen LogP contribution < -0.4 is 15.9 Å². The zero-order chi connectivity index (χ0) is 19.1. The molecule has 0 fully saturated rings. The average Bonchev–Trinajstić information content (AvgIpc) is 2.74. The van der Waals surface area contributed by atoms with Gasteiger partial charge >= 0.3 is 0 Å². The number of carbonyl (C=O) groups excluding carboxylic acids is 1. The highest BCUT2D eigenvalue weighted by atomic mass is 31.2. The van der Waals surface area contributed by atoms with Crippen molar-refractivity contribution in [2.45, 2.75) is 32.6 Å². The van der Waals surface area contributed by atoms with Gasteiger partial charge in [0.1, 0.15) is 23.2 Å². The summed E-state index contributed by atoms with van der Waals surface area (Å²) in [6, 6.07) is 29.6. The van der Waals surface area contributed by atoms with E-state index >= 15 is 0 Å². The van der Waals surface area contributed by atoms with Crippen molar-refractivity contribution >= 4 is 29.0 Å². The number of Topliss-reactive ketones (excluding diaryl/α,β-unsaturated/α-hetero) is 1. The highest BCUT2D eigenvalue weighted by molar-refractivity contribution is 7.95. The van der Waals surface area contributed by atoms with E-state index in [9.17, 15) is 4.79 Å². The van der Waals surface area contributed by atoms with E-state index < -0.39 is 7.26 Å². The molecule has 0 unspecified atom stereocenters. The van der Waals surface area contributed by atoms with Gasteiger partial charge in [0.15, 0.2) is 5.78 Å². The summed E-state index contributed by atoms with van der Waals surface area (Å²) in [7, 11) is -1.88. The van der Waals surface area contributed by atoms with Crippen molar-refractivity contribution < 1.29 is 4.79 Å². The number of unbranched alkanes of at least 4 members (excludes halogenated alkanes) is 2. The minimum Gasteiger partial charge on any atom is -0.294 e. The summed E-state index contributed by atoms with van der Waals surface area (Å²) in [5.74, 6) is 0.275. The Kier molecular flexibility index (Phi) is 6.58. The van der Waals surface area contributed by atoms with Crippen molar-refractivity contribution in [1.82, 2.24) is 0 Å². The molecule has 3 aromatic rings. The minimum absolute atomic E-state index is 0.275. The molecule has 0 aliphatic rings. The highest BCUT2D eigenvalue weighted by Crippen LogP contribution is 2.52. The first-order valence-corrected chi connectivity index (χ1v) is 12.0. The number of hydrogen-bond donors (Lipinski definition) is 0. The number of ketones is 1. The Morgan fingerprint density at radius 2 is 1.26 bits per heavy atom. The SMILES string of the molecule is CCCCCC(=O)c1ccccc1[P+](C)(c1ccccc1)c1ccccc1. The summed E-state index contributed by atoms with van der Waals surface area (Å²) in [6.45, 7) is 4.52. The van der Waals surface area contributed by atoms with Gasteiger partial charge in [-0.2, -0.15) is 0 Å². The maximum absolute atomic E-state index is 13.1. The fraction of sp³-hybridized carbons (Fsp3) is 0.240. The minimum atomic E-state index is -1.88. The van der Waals surface area contributed by atoms with Crippen molar-refractivity contribution in [2.24, 2.45) is 0 Å². The molecule has 1 nitrogen and oxygen atoms in total. The molecule has 2 heteroatoms. The molecule has 3 aromatic carbocycles. The van der Waals surface area contributed by atoms with Crippen LogP contribution >= 0.6 is 7.26 Å². The molecular weight excluding hydrogens is 347 g/mol. The van der Waals surface area contributed by atoms with E-state index in [4.69, 9.17) is 0 Å². The number of hydrogen-bond acceptors (Lipinski definition) is 1. The molecule has 0 atom stereocenters. The maximum Gasteiger partial charge on any atom is 0.166 e. The van der Waals surface area contributed by atoms with Crippen molar-refractivity contribution in [3.05, 3.63) is 90.5 Å². The average molecular weight is 375 g/mol. The summed E-state index contributed by atoms with van der Waals surface area (Å²) in [4.78, 5) is 13.1. The zero-order valence-corrected chi connectivity index (χ0v) is 17.2. The van der Waals surface area contributed by atoms with Crippen LogP contribution in [0.25, 0.3) is 0 Å². The quantitative estimate of drug-likeness (QED) is 0.294. The molecule has 0 heterocycles. The number of benzene rings is 3. The van der Waals surface area contributed by atoms with Gasteiger partial charge in [0.2, 0.25) is 0 Å². The lowest BCUT2D eigenvalue weighted by Crippen LogP contribution is -2.33. The van der Waals surface area contributed by atoms with E-state index in [1.165, 1.54) is 15.9 Å². The van der Waals surface area contributed by atoms with Crippen LogP contribution in [0.2, 0.25) is 0 Å². The Morgan fingerprint density at radius 3 is 1.81 bits per heavy atom. The summed E-state index contributed by atoms with van der Waals surface area (Å²) >= 11 is 0. The molecule has 0 radical (unpaired) electrons. The van der Waals surface area contributed by atoms with Crippen molar-refractivity contribution in [3.63, 3.8) is 0 Å². The van der Waals surface area contributed by atoms with Crippen molar-refractivity contribution in [1.29, 1.82) is 0 Å². The zero-order valence-electron chi connectivity index (χ0n) is 16.3. The Morgan fingerprint density at radius 1 is 0.741 bits per heavy atom. The van der Waals surface area contributed by atoms with E-state index in [1.54, 1.807) is 0 Å². The molecule has 0 bridgehead atoms. The monoisotopic (exact) mass is 375 g/mol. The first kappa shape index (κ1) is 19.5. The van der Waals surface area contributed by atoms with Gasteiger partial charge in [-0.05, 0) is 42.8 Å². The normalized spacial score (nSPS) is 11.3. The van der Waals surface area contributed by atoms with E-state index in [-0.39, 0.29) is 5.78 Å². The molecule has 0 saturated heterocycles. The molecule has 3 rings (SSSR count). The lowest BCUT2D eigenvalue weighted by Gasteiger charge is -2.25. The van der Waals surface area contributed by atoms with Gasteiger partial charge in [-0.15, -0.1) is 0 Å². The Hall–Kier alpha value is -2.24. The van der Waals surface area contributed by atoms with Gasteiger partial charge < -0.3 is 0 Å². The second kappa shape index (κ2) is 9.11. The van der Waals surface area contributed by atoms with Crippen LogP contribution in [0.5, 0.6) is 0 Å². The summed E-state index contributed by atoms with van der Waals surface area (Å²) in [5, 5.41) is 3.82. The molecule has 27 heavy (non-hydrogen) atoms. The summed E-state index contributed by atoms with van der Waals surface area (Å²) < 4.78 is 0. The van der Waals surface area contributed by atoms with Gasteiger partial charge in [-0.3, -0.25) is 4.79 Å². The third-order valence-electron chi connectivity index (χ3n) is 5.24. The van der Waals surface area contributed by atoms with Crippen LogP contribution in [0.3, 0.4) is 0 Å². The third kappa shape index (κ3) is 4.20. The lowest BCUT2D eigenvalue weighted by molar-refractivity contribution is 0.0980. The van der Waals surface area contributed by atoms with Gasteiger partial charge in [0.05, 0.1) is 12.2 Å². The second-order valence-electron chi connectivity index (χ2n) is 7.07. The van der Waals surface area contributed by atoms with Crippen LogP contribution in [0, 0.1) is 0 Å². The van der Waals surface area contributed by atoms with Crippen LogP contribution in [0.15, 0.2) is 84.9 Å². The van der Waals surface area contributed by atoms with Crippen molar-refractivity contribution in [2.75, 3.05) is 6.66 Å². The standard InChI is InChI=1S/C25H28OP/c1-3-4-7-19-24(26)23-18-12-13-20-25(23)27(2,21-14-8-5-9-15-21)22-16-10-6-11-17-22/h5-6,8-18,20H,3-4,7,19H2,1-2H3/q+1. The van der Waals surface area contributed by atoms with E-state index in [0.717, 1.165) is 24.8 Å². The predicted molar refractivity (Wildman–Crippen MR) is 120 cm³/mol. The first-order valence-electron chi connectivity index (χ1n) is 9.78. The highest BCUT2D eigenvalue weighted by Gasteiger charge is 2.42. The van der Waals surface area contributed by atoms with Gasteiger partial charge in [0.25, 0.3) is 0 Å². The van der Waals surface area contributed by atoms with E-state index in [0.29, 0.717) is 6.42 Å². The smallest absolute Gasteiger partial charge is 0.166 e. The topological polar surface area (TPSA) is 17.1 Å². The number of rotatable bonds is 8. The van der Waals surface area contributed by atoms with Crippen LogP contribution in [0.1, 0.15) is 43.0 Å². The van der Waals surface area contributed by atoms with Crippen molar-refractivity contribution in [3.8, 4) is 0 Å². The van der Waals surface area contributed by atoms with Crippen LogP contribution in [-0.4, -0.2) is 12.4 Å². The third-order valence-corrected chi connectivity index (χ3v) is 9.25. The van der Waals surface area contributed by atoms with E-state index in [1.807, 2.05) is 12.1 Å².